The molecule has 9 heteroatoms. The van der Waals surface area contributed by atoms with Crippen molar-refractivity contribution in [2.45, 2.75) is 13.5 Å². The Kier molecular flexibility index (Phi) is 6.59. The summed E-state index contributed by atoms with van der Waals surface area (Å²) < 4.78 is 17.6. The highest BCUT2D eigenvalue weighted by Gasteiger charge is 2.24. The lowest BCUT2D eigenvalue weighted by Crippen LogP contribution is -2.07. The molecule has 172 valence electrons. The molecule has 0 fully saturated rings. The molecule has 0 aliphatic carbocycles. The average molecular weight is 457 g/mol. The van der Waals surface area contributed by atoms with Crippen LogP contribution in [-0.4, -0.2) is 41.4 Å². The van der Waals surface area contributed by atoms with Crippen LogP contribution in [0.1, 0.15) is 28.5 Å². The third kappa shape index (κ3) is 4.34. The fourth-order valence-corrected chi connectivity index (χ4v) is 3.67. The van der Waals surface area contributed by atoms with Crippen LogP contribution in [0.15, 0.2) is 54.9 Å². The first kappa shape index (κ1) is 22.6. The maximum Gasteiger partial charge on any atom is 0.359 e. The Hall–Kier alpha value is -4.58. The van der Waals surface area contributed by atoms with E-state index in [0.717, 1.165) is 5.56 Å². The molecule has 0 amide bonds. The molecular weight excluding hydrogens is 434 g/mol. The molecule has 34 heavy (non-hydrogen) atoms. The van der Waals surface area contributed by atoms with Gasteiger partial charge in [-0.15, -0.1) is 0 Å². The fourth-order valence-electron chi connectivity index (χ4n) is 3.67. The van der Waals surface area contributed by atoms with Crippen LogP contribution in [0.2, 0.25) is 0 Å². The van der Waals surface area contributed by atoms with Crippen LogP contribution in [0.3, 0.4) is 0 Å². The number of hydrogen-bond donors (Lipinski definition) is 1. The van der Waals surface area contributed by atoms with Crippen molar-refractivity contribution in [1.82, 2.24) is 14.6 Å². The van der Waals surface area contributed by atoms with Crippen molar-refractivity contribution in [3.63, 3.8) is 0 Å². The zero-order valence-corrected chi connectivity index (χ0v) is 19.0. The lowest BCUT2D eigenvalue weighted by Gasteiger charge is -2.13. The van der Waals surface area contributed by atoms with Gasteiger partial charge in [-0.25, -0.2) is 14.3 Å². The van der Waals surface area contributed by atoms with Crippen molar-refractivity contribution < 1.29 is 19.0 Å². The summed E-state index contributed by atoms with van der Waals surface area (Å²) in [5, 5.41) is 17.2. The average Bonchev–Trinajstić information content (AvgIpc) is 3.28. The Morgan fingerprint density at radius 1 is 1.18 bits per heavy atom. The largest absolute Gasteiger partial charge is 0.497 e. The summed E-state index contributed by atoms with van der Waals surface area (Å²) in [6, 6.07) is 14.7. The first-order valence-electron chi connectivity index (χ1n) is 10.6. The number of benzene rings is 2. The summed E-state index contributed by atoms with van der Waals surface area (Å²) in [4.78, 5) is 17.3. The Bertz CT molecular complexity index is 1390. The topological polar surface area (TPSA) is 111 Å². The van der Waals surface area contributed by atoms with E-state index in [1.54, 1.807) is 56.3 Å². The van der Waals surface area contributed by atoms with Crippen molar-refractivity contribution >= 4 is 17.3 Å². The highest BCUT2D eigenvalue weighted by Crippen LogP contribution is 2.34. The normalized spacial score (nSPS) is 10.5. The van der Waals surface area contributed by atoms with Gasteiger partial charge in [0.2, 0.25) is 0 Å². The maximum absolute atomic E-state index is 12.8. The Morgan fingerprint density at radius 2 is 2.03 bits per heavy atom. The van der Waals surface area contributed by atoms with E-state index in [-0.39, 0.29) is 12.3 Å². The van der Waals surface area contributed by atoms with E-state index < -0.39 is 5.97 Å². The molecule has 2 aromatic carbocycles. The van der Waals surface area contributed by atoms with Crippen molar-refractivity contribution in [1.29, 1.82) is 5.26 Å². The van der Waals surface area contributed by atoms with Gasteiger partial charge < -0.3 is 19.5 Å². The summed E-state index contributed by atoms with van der Waals surface area (Å²) >= 11 is 0. The number of hydrogen-bond acceptors (Lipinski definition) is 8. The standard InChI is InChI=1S/C25H23N5O4/c1-4-34-25(31)22-21(17-7-5-6-16(12-17)14-26)23-24(27-10-11-30(23)29-22)28-15-18-8-9-19(32-2)13-20(18)33-3/h5-13H,4,15H2,1-3H3,(H,27,28). The molecule has 0 atom stereocenters. The number of rotatable bonds is 8. The van der Waals surface area contributed by atoms with Gasteiger partial charge in [-0.2, -0.15) is 10.4 Å². The number of esters is 1. The highest BCUT2D eigenvalue weighted by atomic mass is 16.5. The van der Waals surface area contributed by atoms with E-state index >= 15 is 0 Å². The number of nitrogens with one attached hydrogen (secondary N) is 1. The van der Waals surface area contributed by atoms with Crippen LogP contribution in [0.4, 0.5) is 5.82 Å². The number of nitrogens with zero attached hydrogens (tertiary/aromatic N) is 4. The molecule has 0 bridgehead atoms. The van der Waals surface area contributed by atoms with Gasteiger partial charge in [-0.05, 0) is 36.8 Å². The molecule has 9 nitrogen and oxygen atoms in total. The molecule has 0 unspecified atom stereocenters. The minimum Gasteiger partial charge on any atom is -0.497 e. The monoisotopic (exact) mass is 457 g/mol. The van der Waals surface area contributed by atoms with E-state index in [1.807, 2.05) is 24.3 Å². The van der Waals surface area contributed by atoms with Crippen LogP contribution in [0.5, 0.6) is 11.5 Å². The summed E-state index contributed by atoms with van der Waals surface area (Å²) in [6.07, 6.45) is 3.26. The molecule has 0 saturated heterocycles. The molecule has 0 spiro atoms. The summed E-state index contributed by atoms with van der Waals surface area (Å²) in [7, 11) is 3.20. The van der Waals surface area contributed by atoms with E-state index in [2.05, 4.69) is 21.5 Å². The van der Waals surface area contributed by atoms with Crippen molar-refractivity contribution in [2.75, 3.05) is 26.1 Å². The van der Waals surface area contributed by atoms with Crippen LogP contribution in [-0.2, 0) is 11.3 Å². The molecule has 0 aliphatic heterocycles. The van der Waals surface area contributed by atoms with Crippen LogP contribution < -0.4 is 14.8 Å². The predicted molar refractivity (Wildman–Crippen MR) is 126 cm³/mol. The second-order valence-corrected chi connectivity index (χ2v) is 7.24. The first-order chi connectivity index (χ1) is 16.6. The number of aromatic nitrogens is 3. The molecule has 0 radical (unpaired) electrons. The third-order valence-electron chi connectivity index (χ3n) is 5.24. The second kappa shape index (κ2) is 9.92. The zero-order chi connectivity index (χ0) is 24.1. The van der Waals surface area contributed by atoms with E-state index in [1.165, 1.54) is 0 Å². The van der Waals surface area contributed by atoms with Gasteiger partial charge in [0.25, 0.3) is 0 Å². The van der Waals surface area contributed by atoms with Crippen molar-refractivity contribution in [3.8, 4) is 28.7 Å². The van der Waals surface area contributed by atoms with Crippen LogP contribution in [0, 0.1) is 11.3 Å². The number of carbonyl (C=O) groups excluding carboxylic acids is 1. The van der Waals surface area contributed by atoms with Crippen molar-refractivity contribution in [2.24, 2.45) is 0 Å². The van der Waals surface area contributed by atoms with E-state index in [4.69, 9.17) is 14.2 Å². The summed E-state index contributed by atoms with van der Waals surface area (Å²) in [6.45, 7) is 2.35. The summed E-state index contributed by atoms with van der Waals surface area (Å²) in [5.41, 5.74) is 3.30. The molecule has 2 heterocycles. The van der Waals surface area contributed by atoms with Gasteiger partial charge in [0.05, 0.1) is 32.5 Å². The number of ether oxygens (including phenoxy) is 3. The molecule has 0 aliphatic rings. The smallest absolute Gasteiger partial charge is 0.359 e. The second-order valence-electron chi connectivity index (χ2n) is 7.24. The number of methoxy groups -OCH3 is 2. The number of carbonyl (C=O) groups is 1. The molecule has 1 N–H and O–H groups in total. The number of fused-ring (bicyclic) bond motifs is 1. The highest BCUT2D eigenvalue weighted by molar-refractivity contribution is 6.03. The Labute approximate surface area is 196 Å². The SMILES string of the molecule is CCOC(=O)c1nn2ccnc(NCc3ccc(OC)cc3OC)c2c1-c1cccc(C#N)c1. The van der Waals surface area contributed by atoms with Crippen LogP contribution >= 0.6 is 0 Å². The van der Waals surface area contributed by atoms with Gasteiger partial charge in [0.1, 0.15) is 17.0 Å². The summed E-state index contributed by atoms with van der Waals surface area (Å²) in [5.74, 6) is 1.32. The Balaban J connectivity index is 1.82. The molecule has 0 saturated carbocycles. The third-order valence-corrected chi connectivity index (χ3v) is 5.24. The van der Waals surface area contributed by atoms with E-state index in [0.29, 0.717) is 46.1 Å². The number of nitriles is 1. The van der Waals surface area contributed by atoms with Gasteiger partial charge in [0.15, 0.2) is 11.5 Å². The van der Waals surface area contributed by atoms with Gasteiger partial charge >= 0.3 is 5.97 Å². The van der Waals surface area contributed by atoms with Gasteiger partial charge in [0, 0.05) is 36.1 Å². The Morgan fingerprint density at radius 3 is 2.76 bits per heavy atom. The molecule has 2 aromatic heterocycles. The minimum absolute atomic E-state index is 0.148. The lowest BCUT2D eigenvalue weighted by atomic mass is 10.0. The molecule has 4 aromatic rings. The number of anilines is 1. The molecule has 4 rings (SSSR count). The maximum atomic E-state index is 12.8. The first-order valence-corrected chi connectivity index (χ1v) is 10.6. The quantitative estimate of drug-likeness (QED) is 0.394. The minimum atomic E-state index is -0.550. The van der Waals surface area contributed by atoms with Gasteiger partial charge in [-0.1, -0.05) is 12.1 Å². The van der Waals surface area contributed by atoms with Gasteiger partial charge in [-0.3, -0.25) is 0 Å². The van der Waals surface area contributed by atoms with Crippen LogP contribution in [0.25, 0.3) is 16.6 Å². The zero-order valence-electron chi connectivity index (χ0n) is 19.0. The van der Waals surface area contributed by atoms with E-state index in [9.17, 15) is 10.1 Å². The molecular formula is C25H23N5O4. The fraction of sp³-hybridized carbons (Fsp3) is 0.200. The lowest BCUT2D eigenvalue weighted by molar-refractivity contribution is 0.0520. The van der Waals surface area contributed by atoms with Crippen molar-refractivity contribution in [3.05, 3.63) is 71.7 Å². The predicted octanol–water partition coefficient (Wildman–Crippen LogP) is 4.07.